The Kier molecular flexibility index (Phi) is 7.23. The lowest BCUT2D eigenvalue weighted by molar-refractivity contribution is -0.118. The fraction of sp³-hybridized carbons (Fsp3) is 0.240. The fourth-order valence-electron chi connectivity index (χ4n) is 3.61. The largest absolute Gasteiger partial charge is 0.494 e. The Morgan fingerprint density at radius 1 is 1.09 bits per heavy atom. The number of amides is 1. The minimum atomic E-state index is -3.45. The van der Waals surface area contributed by atoms with Crippen molar-refractivity contribution in [1.29, 1.82) is 0 Å². The first-order chi connectivity index (χ1) is 16.4. The molecule has 2 heterocycles. The number of sulfone groups is 1. The van der Waals surface area contributed by atoms with Gasteiger partial charge in [-0.15, -0.1) is 0 Å². The van der Waals surface area contributed by atoms with Crippen LogP contribution >= 0.6 is 11.3 Å². The Hall–Kier alpha value is -3.30. The van der Waals surface area contributed by atoms with Gasteiger partial charge in [-0.1, -0.05) is 41.7 Å². The van der Waals surface area contributed by atoms with E-state index >= 15 is 0 Å². The number of nitrogens with zero attached hydrogens (tertiary/aromatic N) is 3. The van der Waals surface area contributed by atoms with E-state index in [0.29, 0.717) is 22.9 Å². The summed E-state index contributed by atoms with van der Waals surface area (Å²) >= 11 is 1.42. The average molecular weight is 496 g/mol. The Morgan fingerprint density at radius 2 is 1.88 bits per heavy atom. The van der Waals surface area contributed by atoms with E-state index in [2.05, 4.69) is 4.98 Å². The molecule has 2 aromatic heterocycles. The molecule has 0 spiro atoms. The number of pyridine rings is 1. The zero-order valence-corrected chi connectivity index (χ0v) is 20.6. The van der Waals surface area contributed by atoms with E-state index in [1.165, 1.54) is 11.3 Å². The van der Waals surface area contributed by atoms with Crippen molar-refractivity contribution in [2.75, 3.05) is 17.8 Å². The number of thiazole rings is 1. The maximum absolute atomic E-state index is 13.3. The Morgan fingerprint density at radius 3 is 2.59 bits per heavy atom. The third kappa shape index (κ3) is 5.26. The number of methoxy groups -OCH3 is 1. The van der Waals surface area contributed by atoms with Crippen LogP contribution in [0.4, 0.5) is 5.13 Å². The highest BCUT2D eigenvalue weighted by Gasteiger charge is 2.23. The van der Waals surface area contributed by atoms with Crippen LogP contribution in [0.1, 0.15) is 24.0 Å². The van der Waals surface area contributed by atoms with Crippen molar-refractivity contribution in [3.8, 4) is 5.75 Å². The maximum atomic E-state index is 13.3. The van der Waals surface area contributed by atoms with Crippen LogP contribution in [0.15, 0.2) is 71.9 Å². The molecule has 34 heavy (non-hydrogen) atoms. The molecule has 0 atom stereocenters. The van der Waals surface area contributed by atoms with Crippen molar-refractivity contribution in [3.05, 3.63) is 78.1 Å². The average Bonchev–Trinajstić information content (AvgIpc) is 3.30. The van der Waals surface area contributed by atoms with Crippen LogP contribution in [0, 0.1) is 6.92 Å². The van der Waals surface area contributed by atoms with E-state index in [0.717, 1.165) is 15.8 Å². The summed E-state index contributed by atoms with van der Waals surface area (Å²) in [6.07, 6.45) is 3.68. The molecule has 1 amide bonds. The highest BCUT2D eigenvalue weighted by molar-refractivity contribution is 7.91. The second-order valence-electron chi connectivity index (χ2n) is 7.84. The van der Waals surface area contributed by atoms with Crippen molar-refractivity contribution in [1.82, 2.24) is 9.97 Å². The third-order valence-corrected chi connectivity index (χ3v) is 8.44. The number of benzene rings is 2. The van der Waals surface area contributed by atoms with Gasteiger partial charge in [0, 0.05) is 18.8 Å². The highest BCUT2D eigenvalue weighted by Crippen LogP contribution is 2.37. The molecule has 4 rings (SSSR count). The van der Waals surface area contributed by atoms with Gasteiger partial charge in [-0.3, -0.25) is 14.7 Å². The Balaban J connectivity index is 1.58. The lowest BCUT2D eigenvalue weighted by Gasteiger charge is -2.20. The second-order valence-corrected chi connectivity index (χ2v) is 10.9. The molecule has 0 aliphatic carbocycles. The highest BCUT2D eigenvalue weighted by atomic mass is 32.2. The molecule has 0 fully saturated rings. The molecule has 0 unspecified atom stereocenters. The smallest absolute Gasteiger partial charge is 0.229 e. The fourth-order valence-corrected chi connectivity index (χ4v) is 6.01. The van der Waals surface area contributed by atoms with Gasteiger partial charge in [0.15, 0.2) is 15.0 Å². The van der Waals surface area contributed by atoms with Crippen LogP contribution in [0.5, 0.6) is 5.75 Å². The molecular formula is C25H25N3O4S2. The number of ether oxygens (including phenoxy) is 1. The standard InChI is InChI=1S/C25H25N3O4S2/c1-18-12-13-21(32-2)23-24(18)33-25(27-23)28(17-19-8-6-14-26-16-19)22(29)11-7-15-34(30,31)20-9-4-3-5-10-20/h3-6,8-10,12-14,16H,7,11,15,17H2,1-2H3. The van der Waals surface area contributed by atoms with Gasteiger partial charge in [-0.25, -0.2) is 13.4 Å². The SMILES string of the molecule is COc1ccc(C)c2sc(N(Cc3cccnc3)C(=O)CCCS(=O)(=O)c3ccccc3)nc12. The summed E-state index contributed by atoms with van der Waals surface area (Å²) in [5.41, 5.74) is 2.61. The van der Waals surface area contributed by atoms with Crippen LogP contribution in [-0.4, -0.2) is 37.2 Å². The van der Waals surface area contributed by atoms with Gasteiger partial charge in [0.1, 0.15) is 11.3 Å². The number of hydrogen-bond donors (Lipinski definition) is 0. The number of anilines is 1. The Labute approximate surface area is 203 Å². The lowest BCUT2D eigenvalue weighted by atomic mass is 10.2. The van der Waals surface area contributed by atoms with Crippen LogP contribution in [0.25, 0.3) is 10.2 Å². The van der Waals surface area contributed by atoms with Gasteiger partial charge in [-0.05, 0) is 48.7 Å². The van der Waals surface area contributed by atoms with E-state index in [1.54, 1.807) is 54.7 Å². The zero-order chi connectivity index (χ0) is 24.1. The molecule has 0 bridgehead atoms. The number of rotatable bonds is 9. The molecule has 0 saturated carbocycles. The molecule has 0 aliphatic rings. The molecule has 0 radical (unpaired) electrons. The third-order valence-electron chi connectivity index (χ3n) is 5.41. The molecule has 0 N–H and O–H groups in total. The van der Waals surface area contributed by atoms with Crippen molar-refractivity contribution in [3.63, 3.8) is 0 Å². The maximum Gasteiger partial charge on any atom is 0.229 e. The van der Waals surface area contributed by atoms with Crippen molar-refractivity contribution < 1.29 is 17.9 Å². The summed E-state index contributed by atoms with van der Waals surface area (Å²) in [5, 5.41) is 0.544. The molecular weight excluding hydrogens is 470 g/mol. The van der Waals surface area contributed by atoms with Crippen molar-refractivity contribution in [2.24, 2.45) is 0 Å². The van der Waals surface area contributed by atoms with Crippen LogP contribution in [0.3, 0.4) is 0 Å². The topological polar surface area (TPSA) is 89.5 Å². The van der Waals surface area contributed by atoms with E-state index in [1.807, 2.05) is 31.2 Å². The minimum absolute atomic E-state index is 0.0817. The van der Waals surface area contributed by atoms with E-state index in [4.69, 9.17) is 9.72 Å². The number of carbonyl (C=O) groups excluding carboxylic acids is 1. The first-order valence-corrected chi connectivity index (χ1v) is 13.3. The van der Waals surface area contributed by atoms with Gasteiger partial charge in [-0.2, -0.15) is 0 Å². The molecule has 4 aromatic rings. The number of aromatic nitrogens is 2. The van der Waals surface area contributed by atoms with Gasteiger partial charge >= 0.3 is 0 Å². The first-order valence-electron chi connectivity index (χ1n) is 10.8. The Bertz CT molecular complexity index is 1390. The summed E-state index contributed by atoms with van der Waals surface area (Å²) < 4.78 is 31.6. The van der Waals surface area contributed by atoms with Gasteiger partial charge in [0.2, 0.25) is 5.91 Å². The van der Waals surface area contributed by atoms with Crippen molar-refractivity contribution >= 4 is 42.4 Å². The van der Waals surface area contributed by atoms with Crippen LogP contribution in [-0.2, 0) is 21.2 Å². The van der Waals surface area contributed by atoms with Crippen LogP contribution < -0.4 is 9.64 Å². The number of carbonyl (C=O) groups is 1. The summed E-state index contributed by atoms with van der Waals surface area (Å²) in [7, 11) is -1.86. The van der Waals surface area contributed by atoms with Crippen molar-refractivity contribution in [2.45, 2.75) is 31.2 Å². The van der Waals surface area contributed by atoms with Gasteiger partial charge in [0.25, 0.3) is 0 Å². The molecule has 2 aromatic carbocycles. The quantitative estimate of drug-likeness (QED) is 0.332. The molecule has 7 nitrogen and oxygen atoms in total. The normalized spacial score (nSPS) is 11.5. The summed E-state index contributed by atoms with van der Waals surface area (Å²) in [4.78, 5) is 24.1. The lowest BCUT2D eigenvalue weighted by Crippen LogP contribution is -2.30. The monoisotopic (exact) mass is 495 g/mol. The number of hydrogen-bond acceptors (Lipinski definition) is 7. The predicted molar refractivity (Wildman–Crippen MR) is 134 cm³/mol. The molecule has 0 aliphatic heterocycles. The van der Waals surface area contributed by atoms with Crippen LogP contribution in [0.2, 0.25) is 0 Å². The first kappa shape index (κ1) is 23.8. The zero-order valence-electron chi connectivity index (χ0n) is 19.0. The number of aryl methyl sites for hydroxylation is 1. The second kappa shape index (κ2) is 10.3. The minimum Gasteiger partial charge on any atom is -0.494 e. The van der Waals surface area contributed by atoms with E-state index < -0.39 is 9.84 Å². The van der Waals surface area contributed by atoms with E-state index in [-0.39, 0.29) is 29.4 Å². The summed E-state index contributed by atoms with van der Waals surface area (Å²) in [5.74, 6) is 0.351. The predicted octanol–water partition coefficient (Wildman–Crippen LogP) is 4.80. The summed E-state index contributed by atoms with van der Waals surface area (Å²) in [6.45, 7) is 2.28. The van der Waals surface area contributed by atoms with Gasteiger partial charge in [0.05, 0.1) is 29.0 Å². The number of fused-ring (bicyclic) bond motifs is 1. The van der Waals surface area contributed by atoms with Gasteiger partial charge < -0.3 is 4.74 Å². The van der Waals surface area contributed by atoms with E-state index in [9.17, 15) is 13.2 Å². The summed E-state index contributed by atoms with van der Waals surface area (Å²) in [6, 6.07) is 15.8. The molecule has 9 heteroatoms. The molecule has 0 saturated heterocycles. The molecule has 176 valence electrons.